The zero-order valence-corrected chi connectivity index (χ0v) is 15.8. The molecule has 142 valence electrons. The molecule has 3 aromatic rings. The third-order valence-electron chi connectivity index (χ3n) is 4.54. The van der Waals surface area contributed by atoms with Crippen LogP contribution in [-0.4, -0.2) is 17.0 Å². The highest BCUT2D eigenvalue weighted by atomic mass is 16.5. The lowest BCUT2D eigenvalue weighted by Crippen LogP contribution is -2.18. The largest absolute Gasteiger partial charge is 0.322 e. The summed E-state index contributed by atoms with van der Waals surface area (Å²) in [5.41, 5.74) is 6.26. The normalized spacial score (nSPS) is 10.6. The minimum atomic E-state index is -0.559. The molecule has 0 aliphatic carbocycles. The summed E-state index contributed by atoms with van der Waals surface area (Å²) in [7, 11) is 0. The summed E-state index contributed by atoms with van der Waals surface area (Å²) < 4.78 is 0. The van der Waals surface area contributed by atoms with E-state index in [0.29, 0.717) is 22.7 Å². The highest BCUT2D eigenvalue weighted by Gasteiger charge is 2.09. The third-order valence-corrected chi connectivity index (χ3v) is 4.54. The number of carbonyl (C=O) groups excluding carboxylic acids is 2. The Morgan fingerprint density at radius 3 is 2.00 bits per heavy atom. The van der Waals surface area contributed by atoms with Crippen molar-refractivity contribution >= 4 is 17.5 Å². The van der Waals surface area contributed by atoms with Crippen molar-refractivity contribution in [3.8, 4) is 11.1 Å². The Balaban J connectivity index is 1.75. The number of anilines is 1. The molecule has 0 bridgehead atoms. The maximum absolute atomic E-state index is 12.5. The van der Waals surface area contributed by atoms with Crippen molar-refractivity contribution in [3.05, 3.63) is 89.5 Å². The molecule has 0 spiro atoms. The first-order chi connectivity index (χ1) is 13.5. The van der Waals surface area contributed by atoms with Crippen LogP contribution in [0.15, 0.2) is 72.8 Å². The van der Waals surface area contributed by atoms with Crippen LogP contribution in [-0.2, 0) is 0 Å². The van der Waals surface area contributed by atoms with E-state index < -0.39 is 5.91 Å². The Labute approximate surface area is 164 Å². The van der Waals surface area contributed by atoms with Crippen LogP contribution in [0.4, 0.5) is 5.69 Å². The van der Waals surface area contributed by atoms with Crippen LogP contribution in [0, 0.1) is 0 Å². The Morgan fingerprint density at radius 2 is 1.39 bits per heavy atom. The number of hydrogen-bond acceptors (Lipinski definition) is 3. The van der Waals surface area contributed by atoms with E-state index in [1.54, 1.807) is 29.7 Å². The number of rotatable bonds is 5. The lowest BCUT2D eigenvalue weighted by molar-refractivity contribution is 0.0706. The van der Waals surface area contributed by atoms with Crippen molar-refractivity contribution < 1.29 is 14.8 Å². The zero-order chi connectivity index (χ0) is 20.1. The molecule has 5 heteroatoms. The van der Waals surface area contributed by atoms with Gasteiger partial charge in [-0.15, -0.1) is 0 Å². The number of hydroxylamine groups is 1. The lowest BCUT2D eigenvalue weighted by Gasteiger charge is -2.10. The molecule has 3 aromatic carbocycles. The molecule has 3 rings (SSSR count). The monoisotopic (exact) mass is 374 g/mol. The molecule has 0 unspecified atom stereocenters. The second kappa shape index (κ2) is 8.50. The van der Waals surface area contributed by atoms with Crippen LogP contribution < -0.4 is 10.8 Å². The molecule has 0 saturated heterocycles. The summed E-state index contributed by atoms with van der Waals surface area (Å²) in [4.78, 5) is 23.9. The van der Waals surface area contributed by atoms with E-state index in [9.17, 15) is 9.59 Å². The Morgan fingerprint density at radius 1 is 0.786 bits per heavy atom. The predicted octanol–water partition coefficient (Wildman–Crippen LogP) is 4.85. The molecule has 2 amide bonds. The summed E-state index contributed by atoms with van der Waals surface area (Å²) in [6.07, 6.45) is 0. The first-order valence-electron chi connectivity index (χ1n) is 9.04. The number of nitrogens with one attached hydrogen (secondary N) is 2. The molecule has 0 atom stereocenters. The fourth-order valence-electron chi connectivity index (χ4n) is 2.88. The Bertz CT molecular complexity index is 977. The smallest absolute Gasteiger partial charge is 0.274 e. The maximum atomic E-state index is 12.5. The summed E-state index contributed by atoms with van der Waals surface area (Å²) in [6.45, 7) is 4.23. The molecule has 0 aromatic heterocycles. The maximum Gasteiger partial charge on any atom is 0.274 e. The molecule has 0 aliphatic rings. The van der Waals surface area contributed by atoms with E-state index >= 15 is 0 Å². The van der Waals surface area contributed by atoms with Gasteiger partial charge >= 0.3 is 0 Å². The molecule has 0 saturated carbocycles. The van der Waals surface area contributed by atoms with E-state index in [0.717, 1.165) is 11.1 Å². The number of hydrogen-bond donors (Lipinski definition) is 3. The van der Waals surface area contributed by atoms with E-state index in [-0.39, 0.29) is 5.91 Å². The first kappa shape index (κ1) is 19.3. The molecule has 0 aliphatic heterocycles. The fraction of sp³-hybridized carbons (Fsp3) is 0.130. The number of amides is 2. The van der Waals surface area contributed by atoms with Gasteiger partial charge in [0.15, 0.2) is 0 Å². The standard InChI is InChI=1S/C23H22N2O3/c1-15(2)16-6-10-18(11-7-16)22(26)24-21-5-3-4-20(14-21)17-8-12-19(13-9-17)23(27)25-28/h3-15,28H,1-2H3,(H,24,26)(H,25,27). The van der Waals surface area contributed by atoms with E-state index in [2.05, 4.69) is 19.2 Å². The van der Waals surface area contributed by atoms with Gasteiger partial charge in [0.25, 0.3) is 11.8 Å². The fourth-order valence-corrected chi connectivity index (χ4v) is 2.88. The average Bonchev–Trinajstić information content (AvgIpc) is 2.73. The summed E-state index contributed by atoms with van der Waals surface area (Å²) >= 11 is 0. The number of carbonyl (C=O) groups is 2. The molecule has 5 nitrogen and oxygen atoms in total. The van der Waals surface area contributed by atoms with E-state index in [1.807, 2.05) is 48.5 Å². The van der Waals surface area contributed by atoms with Crippen LogP contribution in [0.1, 0.15) is 46.0 Å². The topological polar surface area (TPSA) is 78.4 Å². The molecule has 0 radical (unpaired) electrons. The molecule has 0 fully saturated rings. The van der Waals surface area contributed by atoms with E-state index in [4.69, 9.17) is 5.21 Å². The highest BCUT2D eigenvalue weighted by molar-refractivity contribution is 6.04. The van der Waals surface area contributed by atoms with Crippen molar-refractivity contribution in [2.24, 2.45) is 0 Å². The SMILES string of the molecule is CC(C)c1ccc(C(=O)Nc2cccc(-c3ccc(C(=O)NO)cc3)c2)cc1. The summed E-state index contributed by atoms with van der Waals surface area (Å²) in [6, 6.07) is 21.9. The Hall–Kier alpha value is -3.44. The third kappa shape index (κ3) is 4.45. The van der Waals surface area contributed by atoms with Gasteiger partial charge in [-0.1, -0.05) is 50.2 Å². The second-order valence-corrected chi connectivity index (χ2v) is 6.83. The molecule has 3 N–H and O–H groups in total. The zero-order valence-electron chi connectivity index (χ0n) is 15.8. The first-order valence-corrected chi connectivity index (χ1v) is 9.04. The van der Waals surface area contributed by atoms with Gasteiger partial charge in [-0.05, 0) is 59.0 Å². The van der Waals surface area contributed by atoms with Gasteiger partial charge in [0, 0.05) is 16.8 Å². The van der Waals surface area contributed by atoms with Crippen molar-refractivity contribution in [1.82, 2.24) is 5.48 Å². The molecular formula is C23H22N2O3. The van der Waals surface area contributed by atoms with Gasteiger partial charge in [0.2, 0.25) is 0 Å². The van der Waals surface area contributed by atoms with Gasteiger partial charge in [-0.3, -0.25) is 14.8 Å². The predicted molar refractivity (Wildman–Crippen MR) is 110 cm³/mol. The summed E-state index contributed by atoms with van der Waals surface area (Å²) in [5, 5.41) is 11.6. The van der Waals surface area contributed by atoms with Gasteiger partial charge in [-0.25, -0.2) is 5.48 Å². The van der Waals surface area contributed by atoms with Crippen LogP contribution >= 0.6 is 0 Å². The lowest BCUT2D eigenvalue weighted by atomic mass is 10.0. The highest BCUT2D eigenvalue weighted by Crippen LogP contribution is 2.24. The second-order valence-electron chi connectivity index (χ2n) is 6.83. The average molecular weight is 374 g/mol. The van der Waals surface area contributed by atoms with Gasteiger partial charge in [0.1, 0.15) is 0 Å². The molecule has 28 heavy (non-hydrogen) atoms. The molecular weight excluding hydrogens is 352 g/mol. The van der Waals surface area contributed by atoms with E-state index in [1.165, 1.54) is 5.56 Å². The number of benzene rings is 3. The Kier molecular flexibility index (Phi) is 5.87. The quantitative estimate of drug-likeness (QED) is 0.441. The molecule has 0 heterocycles. The van der Waals surface area contributed by atoms with Crippen molar-refractivity contribution in [2.75, 3.05) is 5.32 Å². The van der Waals surface area contributed by atoms with Gasteiger partial charge in [0.05, 0.1) is 0 Å². The van der Waals surface area contributed by atoms with Gasteiger partial charge in [-0.2, -0.15) is 0 Å². The summed E-state index contributed by atoms with van der Waals surface area (Å²) in [5.74, 6) is -0.304. The van der Waals surface area contributed by atoms with Crippen molar-refractivity contribution in [3.63, 3.8) is 0 Å². The minimum absolute atomic E-state index is 0.164. The van der Waals surface area contributed by atoms with Crippen LogP contribution in [0.3, 0.4) is 0 Å². The van der Waals surface area contributed by atoms with Crippen LogP contribution in [0.2, 0.25) is 0 Å². The van der Waals surface area contributed by atoms with Gasteiger partial charge < -0.3 is 5.32 Å². The minimum Gasteiger partial charge on any atom is -0.322 e. The van der Waals surface area contributed by atoms with Crippen LogP contribution in [0.5, 0.6) is 0 Å². The van der Waals surface area contributed by atoms with Crippen molar-refractivity contribution in [1.29, 1.82) is 0 Å². The van der Waals surface area contributed by atoms with Crippen molar-refractivity contribution in [2.45, 2.75) is 19.8 Å². The van der Waals surface area contributed by atoms with Crippen LogP contribution in [0.25, 0.3) is 11.1 Å².